The maximum atomic E-state index is 7.04. The number of thiophene rings is 1. The molecule has 1 aliphatic heterocycles. The lowest BCUT2D eigenvalue weighted by Crippen LogP contribution is -2.25. The lowest BCUT2D eigenvalue weighted by molar-refractivity contribution is 0.360. The molecule has 3 nitrogen and oxygen atoms in total. The second-order valence-electron chi connectivity index (χ2n) is 17.1. The van der Waals surface area contributed by atoms with E-state index >= 15 is 0 Å². The van der Waals surface area contributed by atoms with Gasteiger partial charge in [-0.1, -0.05) is 152 Å². The van der Waals surface area contributed by atoms with Gasteiger partial charge in [0.25, 0.3) is 0 Å². The van der Waals surface area contributed by atoms with E-state index in [0.29, 0.717) is 11.5 Å². The largest absolute Gasteiger partial charge is 0.449 e. The zero-order valence-electron chi connectivity index (χ0n) is 35.0. The molecule has 1 aromatic heterocycles. The third kappa shape index (κ3) is 5.29. The van der Waals surface area contributed by atoms with Crippen molar-refractivity contribution in [3.63, 3.8) is 0 Å². The van der Waals surface area contributed by atoms with Crippen LogP contribution in [-0.4, -0.2) is 0 Å². The lowest BCUT2D eigenvalue weighted by atomic mass is 9.70. The van der Waals surface area contributed by atoms with Crippen molar-refractivity contribution in [2.45, 2.75) is 5.41 Å². The predicted octanol–water partition coefficient (Wildman–Crippen LogP) is 17.1. The molecule has 14 rings (SSSR count). The summed E-state index contributed by atoms with van der Waals surface area (Å²) in [6, 6.07) is 81.1. The Hall–Kier alpha value is -8.18. The molecule has 11 aromatic rings. The zero-order valence-corrected chi connectivity index (χ0v) is 35.9. The maximum absolute atomic E-state index is 7.04. The minimum atomic E-state index is -0.453. The van der Waals surface area contributed by atoms with Crippen LogP contribution in [0.1, 0.15) is 22.3 Å². The molecule has 0 fully saturated rings. The summed E-state index contributed by atoms with van der Waals surface area (Å²) >= 11 is 1.85. The minimum absolute atomic E-state index is 0.453. The van der Waals surface area contributed by atoms with Gasteiger partial charge in [0.05, 0.1) is 5.41 Å². The molecule has 10 aromatic carbocycles. The van der Waals surface area contributed by atoms with E-state index in [1.54, 1.807) is 0 Å². The molecule has 3 aliphatic rings. The molecule has 0 N–H and O–H groups in total. The van der Waals surface area contributed by atoms with Crippen LogP contribution in [0, 0.1) is 0 Å². The van der Waals surface area contributed by atoms with Gasteiger partial charge in [0.2, 0.25) is 0 Å². The first kappa shape index (κ1) is 36.3. The van der Waals surface area contributed by atoms with Gasteiger partial charge in [0, 0.05) is 42.8 Å². The quantitative estimate of drug-likeness (QED) is 0.172. The van der Waals surface area contributed by atoms with E-state index in [1.807, 2.05) is 17.4 Å². The fourth-order valence-corrected chi connectivity index (χ4v) is 12.0. The van der Waals surface area contributed by atoms with Crippen LogP contribution in [0.3, 0.4) is 0 Å². The SMILES string of the molecule is c1ccc(N(c2ccc(-c3ccc4c(c3)Oc3c(ccc5c3-c3ccccc3C53c5ccccc5-c5ccccc53)O4)cc2)c2ccc(-c3ccc4sc5ccccc5c4c3)cc2)cc1. The van der Waals surface area contributed by atoms with E-state index in [1.165, 1.54) is 70.2 Å². The second-order valence-corrected chi connectivity index (χ2v) is 18.2. The molecular weight excluding hydrogens is 811 g/mol. The van der Waals surface area contributed by atoms with Crippen LogP contribution >= 0.6 is 11.3 Å². The number of fused-ring (bicyclic) bond motifs is 16. The highest BCUT2D eigenvalue weighted by Gasteiger charge is 2.53. The summed E-state index contributed by atoms with van der Waals surface area (Å²) in [7, 11) is 0. The molecule has 2 aliphatic carbocycles. The van der Waals surface area contributed by atoms with Crippen molar-refractivity contribution in [1.82, 2.24) is 0 Å². The third-order valence-corrected chi connectivity index (χ3v) is 14.9. The van der Waals surface area contributed by atoms with Gasteiger partial charge < -0.3 is 14.4 Å². The van der Waals surface area contributed by atoms with Gasteiger partial charge in [-0.15, -0.1) is 11.3 Å². The molecule has 304 valence electrons. The van der Waals surface area contributed by atoms with Crippen LogP contribution in [0.5, 0.6) is 23.0 Å². The molecular formula is C61H37NO2S. The number of ether oxygens (including phenoxy) is 2. The van der Waals surface area contributed by atoms with Gasteiger partial charge in [0.1, 0.15) is 0 Å². The first-order valence-corrected chi connectivity index (χ1v) is 23.0. The summed E-state index contributed by atoms with van der Waals surface area (Å²) in [5, 5.41) is 2.63. The molecule has 0 saturated heterocycles. The van der Waals surface area contributed by atoms with Crippen LogP contribution < -0.4 is 14.4 Å². The number of hydrogen-bond acceptors (Lipinski definition) is 4. The van der Waals surface area contributed by atoms with Crippen molar-refractivity contribution < 1.29 is 9.47 Å². The lowest BCUT2D eigenvalue weighted by Gasteiger charge is -2.31. The van der Waals surface area contributed by atoms with Crippen molar-refractivity contribution in [2.75, 3.05) is 4.90 Å². The number of para-hydroxylation sites is 1. The summed E-state index contributed by atoms with van der Waals surface area (Å²) in [6.45, 7) is 0. The number of rotatable bonds is 5. The average Bonchev–Trinajstić information content (AvgIpc) is 4.00. The maximum Gasteiger partial charge on any atom is 0.178 e. The van der Waals surface area contributed by atoms with E-state index in [9.17, 15) is 0 Å². The van der Waals surface area contributed by atoms with Gasteiger partial charge in [0.15, 0.2) is 23.0 Å². The van der Waals surface area contributed by atoms with Crippen molar-refractivity contribution in [3.05, 3.63) is 247 Å². The van der Waals surface area contributed by atoms with Crippen LogP contribution in [0.4, 0.5) is 17.1 Å². The first-order chi connectivity index (χ1) is 32.2. The summed E-state index contributed by atoms with van der Waals surface area (Å²) < 4.78 is 16.4. The summed E-state index contributed by atoms with van der Waals surface area (Å²) in [4.78, 5) is 2.32. The first-order valence-electron chi connectivity index (χ1n) is 22.1. The Morgan fingerprint density at radius 1 is 0.338 bits per heavy atom. The average molecular weight is 848 g/mol. The number of anilines is 3. The van der Waals surface area contributed by atoms with Crippen LogP contribution in [-0.2, 0) is 5.41 Å². The molecule has 0 atom stereocenters. The molecule has 0 radical (unpaired) electrons. The van der Waals surface area contributed by atoms with Crippen molar-refractivity contribution in [2.24, 2.45) is 0 Å². The second kappa shape index (κ2) is 13.9. The molecule has 0 saturated carbocycles. The van der Waals surface area contributed by atoms with Gasteiger partial charge >= 0.3 is 0 Å². The smallest absolute Gasteiger partial charge is 0.178 e. The highest BCUT2D eigenvalue weighted by atomic mass is 32.1. The molecule has 4 heteroatoms. The third-order valence-electron chi connectivity index (χ3n) is 13.8. The molecule has 2 heterocycles. The van der Waals surface area contributed by atoms with Crippen LogP contribution in [0.2, 0.25) is 0 Å². The van der Waals surface area contributed by atoms with Gasteiger partial charge in [-0.2, -0.15) is 0 Å². The van der Waals surface area contributed by atoms with Crippen molar-refractivity contribution >= 4 is 48.6 Å². The zero-order chi connectivity index (χ0) is 42.6. The minimum Gasteiger partial charge on any atom is -0.449 e. The Balaban J connectivity index is 0.804. The highest BCUT2D eigenvalue weighted by Crippen LogP contribution is 2.66. The monoisotopic (exact) mass is 847 g/mol. The van der Waals surface area contributed by atoms with Gasteiger partial charge in [-0.05, 0) is 134 Å². The Bertz CT molecular complexity index is 3670. The molecule has 65 heavy (non-hydrogen) atoms. The molecule has 0 amide bonds. The fraction of sp³-hybridized carbons (Fsp3) is 0.0164. The Morgan fingerprint density at radius 3 is 1.57 bits per heavy atom. The fourth-order valence-electron chi connectivity index (χ4n) is 10.9. The van der Waals surface area contributed by atoms with E-state index in [0.717, 1.165) is 45.3 Å². The van der Waals surface area contributed by atoms with Gasteiger partial charge in [-0.3, -0.25) is 0 Å². The Kier molecular flexibility index (Phi) is 7.77. The standard InChI is InChI=1S/C61H37NO2S/c1-2-12-42(13-3-1)62(43-28-22-38(23-29-43)40-27-35-58-49(36-40)47-16-7-11-21-57(47)65-58)44-30-24-39(25-31-44)41-26-33-54-56(37-41)64-60-55(63-54)34-32-53-59(60)48-17-6-10-20-52(48)61(53)50-18-8-4-14-45(50)46-15-5-9-19-51(46)61/h1-37H. The van der Waals surface area contributed by atoms with Gasteiger partial charge in [-0.25, -0.2) is 0 Å². The van der Waals surface area contributed by atoms with Crippen molar-refractivity contribution in [1.29, 1.82) is 0 Å². The van der Waals surface area contributed by atoms with E-state index < -0.39 is 5.41 Å². The molecule has 0 bridgehead atoms. The van der Waals surface area contributed by atoms with Crippen LogP contribution in [0.15, 0.2) is 224 Å². The number of benzene rings is 10. The normalized spacial score (nSPS) is 13.3. The van der Waals surface area contributed by atoms with E-state index in [-0.39, 0.29) is 0 Å². The predicted molar refractivity (Wildman–Crippen MR) is 268 cm³/mol. The van der Waals surface area contributed by atoms with Crippen LogP contribution in [0.25, 0.3) is 64.7 Å². The molecule has 0 unspecified atom stereocenters. The molecule has 1 spiro atoms. The summed E-state index contributed by atoms with van der Waals surface area (Å²) in [5.41, 5.74) is 17.3. The topological polar surface area (TPSA) is 21.7 Å². The highest BCUT2D eigenvalue weighted by molar-refractivity contribution is 7.25. The Morgan fingerprint density at radius 2 is 0.862 bits per heavy atom. The Labute approximate surface area is 380 Å². The number of hydrogen-bond donors (Lipinski definition) is 0. The summed E-state index contributed by atoms with van der Waals surface area (Å²) in [5.74, 6) is 2.90. The van der Waals surface area contributed by atoms with E-state index in [4.69, 9.17) is 9.47 Å². The summed E-state index contributed by atoms with van der Waals surface area (Å²) in [6.07, 6.45) is 0. The number of nitrogens with zero attached hydrogens (tertiary/aromatic N) is 1. The van der Waals surface area contributed by atoms with E-state index in [2.05, 4.69) is 223 Å². The van der Waals surface area contributed by atoms with Crippen molar-refractivity contribution in [3.8, 4) is 67.5 Å².